The third-order valence-corrected chi connectivity index (χ3v) is 4.04. The van der Waals surface area contributed by atoms with Crippen LogP contribution in [0.4, 0.5) is 0 Å². The van der Waals surface area contributed by atoms with E-state index in [0.29, 0.717) is 32.1 Å². The van der Waals surface area contributed by atoms with Crippen LogP contribution in [0.15, 0.2) is 0 Å². The van der Waals surface area contributed by atoms with Crippen molar-refractivity contribution in [3.05, 3.63) is 0 Å². The van der Waals surface area contributed by atoms with Crippen LogP contribution in [0.1, 0.15) is 33.1 Å². The topological polar surface area (TPSA) is 70.7 Å². The number of carbonyl (C=O) groups is 2. The van der Waals surface area contributed by atoms with Crippen molar-refractivity contribution < 1.29 is 14.3 Å². The molecule has 2 unspecified atom stereocenters. The molecular weight excluding hydrogens is 270 g/mol. The minimum absolute atomic E-state index is 0.0684. The van der Waals surface area contributed by atoms with Crippen LogP contribution in [0.5, 0.6) is 0 Å². The molecule has 0 aromatic heterocycles. The second-order valence-corrected chi connectivity index (χ2v) is 6.26. The molecule has 2 saturated heterocycles. The average Bonchev–Trinajstić information content (AvgIpc) is 2.47. The number of nitrogens with one attached hydrogen (secondary N) is 2. The fourth-order valence-electron chi connectivity index (χ4n) is 2.96. The Morgan fingerprint density at radius 1 is 1.43 bits per heavy atom. The average molecular weight is 297 g/mol. The smallest absolute Gasteiger partial charge is 0.245 e. The molecule has 0 aliphatic carbocycles. The molecule has 2 amide bonds. The van der Waals surface area contributed by atoms with Crippen LogP contribution in [0, 0.1) is 5.92 Å². The molecule has 0 bridgehead atoms. The first-order chi connectivity index (χ1) is 10.1. The Bertz CT molecular complexity index is 367. The van der Waals surface area contributed by atoms with Crippen LogP contribution >= 0.6 is 0 Å². The van der Waals surface area contributed by atoms with Crippen LogP contribution in [0.2, 0.25) is 0 Å². The lowest BCUT2D eigenvalue weighted by Crippen LogP contribution is -2.57. The van der Waals surface area contributed by atoms with Gasteiger partial charge < -0.3 is 20.3 Å². The van der Waals surface area contributed by atoms with Gasteiger partial charge in [0.2, 0.25) is 11.8 Å². The molecule has 2 N–H and O–H groups in total. The van der Waals surface area contributed by atoms with Gasteiger partial charge in [0.05, 0.1) is 13.2 Å². The highest BCUT2D eigenvalue weighted by atomic mass is 16.5. The number of ether oxygens (including phenoxy) is 1. The number of piperidine rings is 1. The number of hydrogen-bond donors (Lipinski definition) is 2. The van der Waals surface area contributed by atoms with E-state index >= 15 is 0 Å². The van der Waals surface area contributed by atoms with Gasteiger partial charge in [0, 0.05) is 19.0 Å². The Morgan fingerprint density at radius 2 is 2.24 bits per heavy atom. The monoisotopic (exact) mass is 297 g/mol. The lowest BCUT2D eigenvalue weighted by molar-refractivity contribution is -0.149. The molecule has 0 saturated carbocycles. The van der Waals surface area contributed by atoms with Gasteiger partial charge in [-0.1, -0.05) is 0 Å². The van der Waals surface area contributed by atoms with Gasteiger partial charge in [-0.2, -0.15) is 0 Å². The highest BCUT2D eigenvalue weighted by Crippen LogP contribution is 2.18. The number of amides is 2. The fraction of sp³-hybridized carbons (Fsp3) is 0.867. The molecule has 2 aliphatic rings. The van der Waals surface area contributed by atoms with E-state index in [4.69, 9.17) is 4.74 Å². The lowest BCUT2D eigenvalue weighted by Gasteiger charge is -2.36. The molecule has 2 fully saturated rings. The van der Waals surface area contributed by atoms with Crippen molar-refractivity contribution >= 4 is 11.8 Å². The fourth-order valence-corrected chi connectivity index (χ4v) is 2.96. The summed E-state index contributed by atoms with van der Waals surface area (Å²) in [5, 5.41) is 6.20. The van der Waals surface area contributed by atoms with Crippen LogP contribution in [0.3, 0.4) is 0 Å². The Hall–Kier alpha value is -1.14. The van der Waals surface area contributed by atoms with Crippen LogP contribution in [-0.2, 0) is 14.3 Å². The number of nitrogens with zero attached hydrogens (tertiary/aromatic N) is 1. The summed E-state index contributed by atoms with van der Waals surface area (Å²) < 4.78 is 5.39. The minimum Gasteiger partial charge on any atom is -0.377 e. The maximum atomic E-state index is 12.5. The summed E-state index contributed by atoms with van der Waals surface area (Å²) in [6.45, 7) is 7.10. The Morgan fingerprint density at radius 3 is 2.90 bits per heavy atom. The van der Waals surface area contributed by atoms with E-state index in [1.807, 2.05) is 13.8 Å². The van der Waals surface area contributed by atoms with E-state index in [2.05, 4.69) is 10.6 Å². The largest absolute Gasteiger partial charge is 0.377 e. The van der Waals surface area contributed by atoms with E-state index < -0.39 is 6.04 Å². The van der Waals surface area contributed by atoms with Crippen molar-refractivity contribution in [3.8, 4) is 0 Å². The second kappa shape index (κ2) is 7.75. The maximum Gasteiger partial charge on any atom is 0.245 e. The third-order valence-electron chi connectivity index (χ3n) is 4.04. The van der Waals surface area contributed by atoms with Crippen molar-refractivity contribution in [2.24, 2.45) is 5.92 Å². The lowest BCUT2D eigenvalue weighted by atomic mass is 9.95. The quantitative estimate of drug-likeness (QED) is 0.774. The number of hydrogen-bond acceptors (Lipinski definition) is 4. The predicted molar refractivity (Wildman–Crippen MR) is 79.8 cm³/mol. The molecule has 0 spiro atoms. The molecule has 2 rings (SSSR count). The molecule has 2 atom stereocenters. The highest BCUT2D eigenvalue weighted by Gasteiger charge is 2.33. The molecule has 120 valence electrons. The zero-order valence-electron chi connectivity index (χ0n) is 13.1. The van der Waals surface area contributed by atoms with Gasteiger partial charge in [-0.25, -0.2) is 0 Å². The molecule has 0 aromatic rings. The summed E-state index contributed by atoms with van der Waals surface area (Å²) in [5.74, 6) is 0.360. The van der Waals surface area contributed by atoms with E-state index in [9.17, 15) is 9.59 Å². The van der Waals surface area contributed by atoms with Crippen molar-refractivity contribution in [1.29, 1.82) is 0 Å². The number of morpholine rings is 1. The first kappa shape index (κ1) is 16.2. The molecule has 21 heavy (non-hydrogen) atoms. The molecule has 2 aliphatic heterocycles. The zero-order chi connectivity index (χ0) is 15.2. The summed E-state index contributed by atoms with van der Waals surface area (Å²) in [4.78, 5) is 26.5. The SMILES string of the molecule is CC(C)NC(=O)C1COCCN1C(=O)CC1CCCNC1. The van der Waals surface area contributed by atoms with Gasteiger partial charge in [-0.05, 0) is 45.7 Å². The minimum atomic E-state index is -0.481. The normalized spacial score (nSPS) is 26.7. The van der Waals surface area contributed by atoms with E-state index in [1.54, 1.807) is 4.90 Å². The Kier molecular flexibility index (Phi) is 5.99. The van der Waals surface area contributed by atoms with Gasteiger partial charge >= 0.3 is 0 Å². The summed E-state index contributed by atoms with van der Waals surface area (Å²) in [7, 11) is 0. The molecule has 0 aromatic carbocycles. The molecule has 6 heteroatoms. The van der Waals surface area contributed by atoms with Gasteiger partial charge in [-0.15, -0.1) is 0 Å². The van der Waals surface area contributed by atoms with Crippen molar-refractivity contribution in [1.82, 2.24) is 15.5 Å². The molecule has 2 heterocycles. The van der Waals surface area contributed by atoms with Crippen LogP contribution < -0.4 is 10.6 Å². The van der Waals surface area contributed by atoms with Crippen molar-refractivity contribution in [2.45, 2.75) is 45.2 Å². The van der Waals surface area contributed by atoms with E-state index in [1.165, 1.54) is 0 Å². The van der Waals surface area contributed by atoms with Crippen molar-refractivity contribution in [3.63, 3.8) is 0 Å². The summed E-state index contributed by atoms with van der Waals surface area (Å²) in [5.41, 5.74) is 0. The Balaban J connectivity index is 1.93. The standard InChI is InChI=1S/C15H27N3O3/c1-11(2)17-15(20)13-10-21-7-6-18(13)14(19)8-12-4-3-5-16-9-12/h11-13,16H,3-10H2,1-2H3,(H,17,20). The van der Waals surface area contributed by atoms with Gasteiger partial charge in [0.1, 0.15) is 6.04 Å². The van der Waals surface area contributed by atoms with Crippen LogP contribution in [-0.4, -0.2) is 61.6 Å². The van der Waals surface area contributed by atoms with Gasteiger partial charge in [0.25, 0.3) is 0 Å². The van der Waals surface area contributed by atoms with E-state index in [-0.39, 0.29) is 17.9 Å². The first-order valence-corrected chi connectivity index (χ1v) is 7.96. The van der Waals surface area contributed by atoms with Crippen molar-refractivity contribution in [2.75, 3.05) is 32.8 Å². The van der Waals surface area contributed by atoms with Gasteiger partial charge in [0.15, 0.2) is 0 Å². The van der Waals surface area contributed by atoms with Crippen LogP contribution in [0.25, 0.3) is 0 Å². The summed E-state index contributed by atoms with van der Waals surface area (Å²) >= 11 is 0. The molecular formula is C15H27N3O3. The zero-order valence-corrected chi connectivity index (χ0v) is 13.1. The molecule has 6 nitrogen and oxygen atoms in total. The summed E-state index contributed by atoms with van der Waals surface area (Å²) in [6, 6.07) is -0.413. The molecule has 0 radical (unpaired) electrons. The Labute approximate surface area is 126 Å². The third kappa shape index (κ3) is 4.68. The second-order valence-electron chi connectivity index (χ2n) is 6.26. The summed E-state index contributed by atoms with van der Waals surface area (Å²) in [6.07, 6.45) is 2.74. The number of rotatable bonds is 4. The first-order valence-electron chi connectivity index (χ1n) is 7.96. The van der Waals surface area contributed by atoms with Gasteiger partial charge in [-0.3, -0.25) is 9.59 Å². The highest BCUT2D eigenvalue weighted by molar-refractivity contribution is 5.88. The van der Waals surface area contributed by atoms with E-state index in [0.717, 1.165) is 25.9 Å². The maximum absolute atomic E-state index is 12.5. The number of carbonyl (C=O) groups excluding carboxylic acids is 2. The predicted octanol–water partition coefficient (Wildman–Crippen LogP) is 0.128.